The van der Waals surface area contributed by atoms with Crippen molar-refractivity contribution in [2.24, 2.45) is 0 Å². The Hall–Kier alpha value is -1.05. The highest BCUT2D eigenvalue weighted by atomic mass is 16.5. The lowest BCUT2D eigenvalue weighted by Gasteiger charge is -2.02. The summed E-state index contributed by atoms with van der Waals surface area (Å²) in [6.45, 7) is 9.11. The van der Waals surface area contributed by atoms with Crippen LogP contribution in [0.3, 0.4) is 0 Å². The monoisotopic (exact) mass is 167 g/mol. The fraction of sp³-hybridized carbons (Fsp3) is 0.400. The van der Waals surface area contributed by atoms with Gasteiger partial charge in [-0.15, -0.1) is 6.58 Å². The summed E-state index contributed by atoms with van der Waals surface area (Å²) in [4.78, 5) is 10.8. The van der Waals surface area contributed by atoms with Crippen LogP contribution in [-0.2, 0) is 9.53 Å². The fourth-order valence-electron chi connectivity index (χ4n) is 0.607. The fourth-order valence-corrected chi connectivity index (χ4v) is 0.607. The maximum atomic E-state index is 10.8. The third-order valence-corrected chi connectivity index (χ3v) is 1.26. The van der Waals surface area contributed by atoms with Crippen LogP contribution in [0, 0.1) is 6.42 Å². The van der Waals surface area contributed by atoms with Gasteiger partial charge in [0.25, 0.3) is 0 Å². The number of allylic oxidation sites excluding steroid dienone is 1. The number of carbonyl (C=O) groups is 1. The van der Waals surface area contributed by atoms with Gasteiger partial charge in [-0.1, -0.05) is 12.7 Å². The summed E-state index contributed by atoms with van der Waals surface area (Å²) in [5.41, 5.74) is 0.447. The van der Waals surface area contributed by atoms with E-state index in [1.165, 1.54) is 0 Å². The molecule has 0 amide bonds. The van der Waals surface area contributed by atoms with Gasteiger partial charge in [-0.3, -0.25) is 0 Å². The smallest absolute Gasteiger partial charge is 0.333 e. The summed E-state index contributed by atoms with van der Waals surface area (Å²) in [5, 5.41) is 0. The first-order valence-electron chi connectivity index (χ1n) is 3.95. The van der Waals surface area contributed by atoms with Crippen LogP contribution in [0.4, 0.5) is 0 Å². The molecule has 0 aromatic heterocycles. The van der Waals surface area contributed by atoms with Gasteiger partial charge in [0.2, 0.25) is 0 Å². The van der Waals surface area contributed by atoms with Gasteiger partial charge in [-0.2, -0.15) is 0 Å². The Morgan fingerprint density at radius 3 is 2.75 bits per heavy atom. The average Bonchev–Trinajstić information content (AvgIpc) is 2.03. The van der Waals surface area contributed by atoms with E-state index in [9.17, 15) is 4.79 Å². The van der Waals surface area contributed by atoms with Crippen LogP contribution >= 0.6 is 0 Å². The van der Waals surface area contributed by atoms with Crippen molar-refractivity contribution in [3.05, 3.63) is 31.2 Å². The zero-order chi connectivity index (χ0) is 9.40. The molecule has 1 radical (unpaired) electrons. The Balaban J connectivity index is 3.25. The normalized spacial score (nSPS) is 9.08. The Bertz CT molecular complexity index is 171. The van der Waals surface area contributed by atoms with Crippen LogP contribution in [0.15, 0.2) is 24.8 Å². The van der Waals surface area contributed by atoms with Gasteiger partial charge in [-0.25, -0.2) is 4.79 Å². The van der Waals surface area contributed by atoms with E-state index in [1.807, 2.05) is 6.42 Å². The van der Waals surface area contributed by atoms with E-state index in [4.69, 9.17) is 4.74 Å². The van der Waals surface area contributed by atoms with E-state index >= 15 is 0 Å². The SMILES string of the molecule is C=C[CH]CCCOC(=O)C(=C)C. The molecule has 0 aromatic rings. The number of hydrogen-bond acceptors (Lipinski definition) is 2. The lowest BCUT2D eigenvalue weighted by Crippen LogP contribution is -2.05. The predicted molar refractivity (Wildman–Crippen MR) is 49.5 cm³/mol. The van der Waals surface area contributed by atoms with Crippen molar-refractivity contribution in [1.82, 2.24) is 0 Å². The molecule has 12 heavy (non-hydrogen) atoms. The average molecular weight is 167 g/mol. The number of unbranched alkanes of at least 4 members (excludes halogenated alkanes) is 2. The highest BCUT2D eigenvalue weighted by Gasteiger charge is 2.00. The number of ether oxygens (including phenoxy) is 1. The Morgan fingerprint density at radius 1 is 1.58 bits per heavy atom. The van der Waals surface area contributed by atoms with Crippen LogP contribution in [-0.4, -0.2) is 12.6 Å². The third-order valence-electron chi connectivity index (χ3n) is 1.26. The molecule has 0 rings (SSSR count). The van der Waals surface area contributed by atoms with E-state index < -0.39 is 0 Å². The third kappa shape index (κ3) is 5.71. The van der Waals surface area contributed by atoms with E-state index in [1.54, 1.807) is 13.0 Å². The molecule has 0 spiro atoms. The van der Waals surface area contributed by atoms with Gasteiger partial charge in [0.15, 0.2) is 0 Å². The molecule has 0 bridgehead atoms. The molecule has 0 aliphatic heterocycles. The summed E-state index contributed by atoms with van der Waals surface area (Å²) < 4.78 is 4.86. The summed E-state index contributed by atoms with van der Waals surface area (Å²) in [5.74, 6) is -0.311. The van der Waals surface area contributed by atoms with Gasteiger partial charge in [0.05, 0.1) is 6.61 Å². The van der Waals surface area contributed by atoms with Crippen LogP contribution in [0.2, 0.25) is 0 Å². The molecular formula is C10H15O2. The van der Waals surface area contributed by atoms with Crippen molar-refractivity contribution in [2.75, 3.05) is 6.61 Å². The van der Waals surface area contributed by atoms with Crippen LogP contribution < -0.4 is 0 Å². The van der Waals surface area contributed by atoms with Gasteiger partial charge in [0.1, 0.15) is 0 Å². The molecule has 0 atom stereocenters. The molecule has 0 N–H and O–H groups in total. The molecule has 0 aliphatic carbocycles. The minimum Gasteiger partial charge on any atom is -0.462 e. The first-order valence-corrected chi connectivity index (χ1v) is 3.95. The van der Waals surface area contributed by atoms with Crippen molar-refractivity contribution in [3.8, 4) is 0 Å². The zero-order valence-electron chi connectivity index (χ0n) is 7.51. The molecule has 2 nitrogen and oxygen atoms in total. The van der Waals surface area contributed by atoms with Gasteiger partial charge in [0, 0.05) is 5.57 Å². The molecule has 0 fully saturated rings. The number of carbonyl (C=O) groups excluding carboxylic acids is 1. The molecule has 0 aromatic carbocycles. The first kappa shape index (κ1) is 11.0. The lowest BCUT2D eigenvalue weighted by molar-refractivity contribution is -0.139. The predicted octanol–water partition coefficient (Wildman–Crippen LogP) is 2.28. The molecular weight excluding hydrogens is 152 g/mol. The van der Waals surface area contributed by atoms with Gasteiger partial charge in [-0.05, 0) is 26.2 Å². The Morgan fingerprint density at radius 2 is 2.25 bits per heavy atom. The highest BCUT2D eigenvalue weighted by Crippen LogP contribution is 1.97. The second-order valence-corrected chi connectivity index (χ2v) is 2.53. The van der Waals surface area contributed by atoms with E-state index in [2.05, 4.69) is 13.2 Å². The van der Waals surface area contributed by atoms with E-state index in [-0.39, 0.29) is 5.97 Å². The number of hydrogen-bond donors (Lipinski definition) is 0. The topological polar surface area (TPSA) is 26.3 Å². The van der Waals surface area contributed by atoms with Gasteiger partial charge >= 0.3 is 5.97 Å². The zero-order valence-corrected chi connectivity index (χ0v) is 7.51. The first-order chi connectivity index (χ1) is 5.68. The number of esters is 1. The maximum absolute atomic E-state index is 10.8. The Labute approximate surface area is 73.9 Å². The van der Waals surface area contributed by atoms with E-state index in [0.29, 0.717) is 12.2 Å². The molecule has 0 aliphatic rings. The summed E-state index contributed by atoms with van der Waals surface area (Å²) in [6.07, 6.45) is 5.41. The maximum Gasteiger partial charge on any atom is 0.333 e. The van der Waals surface area contributed by atoms with Crippen molar-refractivity contribution >= 4 is 5.97 Å². The second-order valence-electron chi connectivity index (χ2n) is 2.53. The quantitative estimate of drug-likeness (QED) is 0.344. The van der Waals surface area contributed by atoms with Crippen LogP contribution in [0.25, 0.3) is 0 Å². The lowest BCUT2D eigenvalue weighted by atomic mass is 10.2. The standard InChI is InChI=1S/C10H15O2/c1-4-5-6-7-8-12-10(11)9(2)3/h4-5H,1-2,6-8H2,3H3. The van der Waals surface area contributed by atoms with Crippen LogP contribution in [0.5, 0.6) is 0 Å². The summed E-state index contributed by atoms with van der Waals surface area (Å²) in [7, 11) is 0. The van der Waals surface area contributed by atoms with Crippen molar-refractivity contribution in [1.29, 1.82) is 0 Å². The Kier molecular flexibility index (Phi) is 6.07. The molecule has 2 heteroatoms. The summed E-state index contributed by atoms with van der Waals surface area (Å²) in [6, 6.07) is 0. The van der Waals surface area contributed by atoms with Crippen molar-refractivity contribution in [2.45, 2.75) is 19.8 Å². The molecule has 67 valence electrons. The molecule has 0 saturated carbocycles. The number of rotatable bonds is 6. The van der Waals surface area contributed by atoms with Gasteiger partial charge < -0.3 is 4.74 Å². The molecule has 0 heterocycles. The second kappa shape index (κ2) is 6.65. The van der Waals surface area contributed by atoms with Crippen molar-refractivity contribution in [3.63, 3.8) is 0 Å². The summed E-state index contributed by atoms with van der Waals surface area (Å²) >= 11 is 0. The van der Waals surface area contributed by atoms with Crippen LogP contribution in [0.1, 0.15) is 19.8 Å². The minimum atomic E-state index is -0.311. The highest BCUT2D eigenvalue weighted by molar-refractivity contribution is 5.86. The minimum absolute atomic E-state index is 0.311. The van der Waals surface area contributed by atoms with Crippen molar-refractivity contribution < 1.29 is 9.53 Å². The van der Waals surface area contributed by atoms with E-state index in [0.717, 1.165) is 12.8 Å². The largest absolute Gasteiger partial charge is 0.462 e. The molecule has 0 saturated heterocycles. The molecule has 0 unspecified atom stereocenters.